The third-order valence-electron chi connectivity index (χ3n) is 4.37. The Morgan fingerprint density at radius 2 is 1.75 bits per heavy atom. The van der Waals surface area contributed by atoms with Gasteiger partial charge in [-0.25, -0.2) is 8.42 Å². The number of hydroxylamine groups is 3. The molecule has 156 valence electrons. The van der Waals surface area contributed by atoms with Gasteiger partial charge < -0.3 is 10.5 Å². The number of hydrogen-bond acceptors (Lipinski definition) is 6. The van der Waals surface area contributed by atoms with E-state index in [1.54, 1.807) is 45.0 Å². The lowest BCUT2D eigenvalue weighted by atomic mass is 10.1. The van der Waals surface area contributed by atoms with Gasteiger partial charge in [0.05, 0.1) is 19.3 Å². The van der Waals surface area contributed by atoms with Crippen LogP contribution in [0.25, 0.3) is 0 Å². The Balaban J connectivity index is 2.25. The standard InChI is InChI=1S/C18H27N3O6S/c1-18(2,3)27-17(23)21(11-9-20(10-12-21)28(4,24)25)26-13-14-7-5-6-8-15(14)16(19)22/h5-8H,9-13H2,1-4H3,(H-,19,22)/p+1. The molecule has 0 spiro atoms. The Labute approximate surface area is 165 Å². The average molecular weight is 415 g/mol. The molecule has 0 bridgehead atoms. The van der Waals surface area contributed by atoms with E-state index in [4.69, 9.17) is 15.3 Å². The number of nitrogens with two attached hydrogens (primary N) is 1. The quantitative estimate of drug-likeness (QED) is 0.725. The Bertz CT molecular complexity index is 839. The molecule has 1 saturated heterocycles. The van der Waals surface area contributed by atoms with E-state index in [2.05, 4.69) is 0 Å². The maximum absolute atomic E-state index is 12.9. The van der Waals surface area contributed by atoms with Crippen LogP contribution in [0.5, 0.6) is 0 Å². The highest BCUT2D eigenvalue weighted by Gasteiger charge is 2.48. The van der Waals surface area contributed by atoms with Gasteiger partial charge in [0.25, 0.3) is 0 Å². The number of sulfonamides is 1. The highest BCUT2D eigenvalue weighted by atomic mass is 32.2. The number of carbonyl (C=O) groups excluding carboxylic acids is 2. The second-order valence-electron chi connectivity index (χ2n) is 7.77. The number of benzene rings is 1. The molecule has 0 aliphatic carbocycles. The molecule has 0 saturated carbocycles. The molecule has 0 atom stereocenters. The molecule has 1 heterocycles. The van der Waals surface area contributed by atoms with Crippen LogP contribution in [0, 0.1) is 0 Å². The number of quaternary nitrogens is 1. The van der Waals surface area contributed by atoms with Crippen LogP contribution in [0.15, 0.2) is 24.3 Å². The molecule has 1 aromatic rings. The first-order chi connectivity index (χ1) is 12.8. The summed E-state index contributed by atoms with van der Waals surface area (Å²) in [4.78, 5) is 30.5. The summed E-state index contributed by atoms with van der Waals surface area (Å²) in [7, 11) is -3.37. The van der Waals surface area contributed by atoms with Crippen LogP contribution >= 0.6 is 0 Å². The van der Waals surface area contributed by atoms with Crippen LogP contribution in [0.2, 0.25) is 0 Å². The number of hydrogen-bond donors (Lipinski definition) is 1. The van der Waals surface area contributed by atoms with Crippen molar-refractivity contribution in [2.24, 2.45) is 5.73 Å². The van der Waals surface area contributed by atoms with Crippen LogP contribution < -0.4 is 5.73 Å². The fourth-order valence-electron chi connectivity index (χ4n) is 2.89. The Kier molecular flexibility index (Phi) is 6.49. The van der Waals surface area contributed by atoms with Crippen molar-refractivity contribution in [1.29, 1.82) is 0 Å². The number of nitrogens with zero attached hydrogens (tertiary/aromatic N) is 2. The maximum atomic E-state index is 12.9. The fraction of sp³-hybridized carbons (Fsp3) is 0.556. The van der Waals surface area contributed by atoms with Crippen LogP contribution in [0.3, 0.4) is 0 Å². The largest absolute Gasteiger partial charge is 0.550 e. The number of amides is 2. The van der Waals surface area contributed by atoms with Crippen molar-refractivity contribution in [3.8, 4) is 0 Å². The van der Waals surface area contributed by atoms with Crippen LogP contribution in [0.1, 0.15) is 36.7 Å². The lowest BCUT2D eigenvalue weighted by Crippen LogP contribution is -2.63. The van der Waals surface area contributed by atoms with E-state index in [1.807, 2.05) is 0 Å². The molecule has 28 heavy (non-hydrogen) atoms. The van der Waals surface area contributed by atoms with E-state index >= 15 is 0 Å². The third kappa shape index (κ3) is 5.51. The first kappa shape index (κ1) is 22.3. The van der Waals surface area contributed by atoms with Gasteiger partial charge in [-0.2, -0.15) is 13.9 Å². The molecule has 10 heteroatoms. The summed E-state index contributed by atoms with van der Waals surface area (Å²) in [5.41, 5.74) is 5.52. The summed E-state index contributed by atoms with van der Waals surface area (Å²) >= 11 is 0. The molecule has 0 aromatic heterocycles. The van der Waals surface area contributed by atoms with Crippen molar-refractivity contribution in [2.45, 2.75) is 33.0 Å². The first-order valence-electron chi connectivity index (χ1n) is 8.92. The zero-order valence-corrected chi connectivity index (χ0v) is 17.5. The van der Waals surface area contributed by atoms with E-state index in [-0.39, 0.29) is 32.8 Å². The van der Waals surface area contributed by atoms with Crippen molar-refractivity contribution in [3.05, 3.63) is 35.4 Å². The molecule has 1 aliphatic heterocycles. The van der Waals surface area contributed by atoms with Crippen molar-refractivity contribution in [3.63, 3.8) is 0 Å². The number of carbonyl (C=O) groups is 2. The summed E-state index contributed by atoms with van der Waals surface area (Å²) in [6, 6.07) is 6.70. The van der Waals surface area contributed by atoms with E-state index in [1.165, 1.54) is 4.31 Å². The van der Waals surface area contributed by atoms with Crippen molar-refractivity contribution >= 4 is 22.0 Å². The molecule has 1 aromatic carbocycles. The van der Waals surface area contributed by atoms with E-state index in [0.717, 1.165) is 6.26 Å². The van der Waals surface area contributed by atoms with Crippen molar-refractivity contribution in [2.75, 3.05) is 32.4 Å². The second kappa shape index (κ2) is 8.16. The fourth-order valence-corrected chi connectivity index (χ4v) is 3.72. The molecule has 0 radical (unpaired) electrons. The van der Waals surface area contributed by atoms with Gasteiger partial charge in [0.15, 0.2) is 0 Å². The first-order valence-corrected chi connectivity index (χ1v) is 10.8. The van der Waals surface area contributed by atoms with E-state index in [0.29, 0.717) is 11.1 Å². The van der Waals surface area contributed by atoms with Gasteiger partial charge in [0.1, 0.15) is 25.3 Å². The molecule has 9 nitrogen and oxygen atoms in total. The summed E-state index contributed by atoms with van der Waals surface area (Å²) in [5.74, 6) is -0.593. The lowest BCUT2D eigenvalue weighted by Gasteiger charge is -2.39. The Morgan fingerprint density at radius 3 is 2.25 bits per heavy atom. The van der Waals surface area contributed by atoms with Gasteiger partial charge in [-0.1, -0.05) is 22.8 Å². The highest BCUT2D eigenvalue weighted by Crippen LogP contribution is 2.23. The number of piperazine rings is 1. The molecule has 1 aliphatic rings. The van der Waals surface area contributed by atoms with Gasteiger partial charge in [0.2, 0.25) is 15.9 Å². The van der Waals surface area contributed by atoms with Gasteiger partial charge in [0, 0.05) is 5.56 Å². The minimum absolute atomic E-state index is 0.0444. The monoisotopic (exact) mass is 414 g/mol. The van der Waals surface area contributed by atoms with Crippen molar-refractivity contribution in [1.82, 2.24) is 4.31 Å². The maximum Gasteiger partial charge on any atom is 0.550 e. The summed E-state index contributed by atoms with van der Waals surface area (Å²) in [6.45, 7) is 5.63. The third-order valence-corrected chi connectivity index (χ3v) is 5.67. The van der Waals surface area contributed by atoms with Gasteiger partial charge in [-0.15, -0.1) is 0 Å². The summed E-state index contributed by atoms with van der Waals surface area (Å²) in [6.07, 6.45) is 0.530. The lowest BCUT2D eigenvalue weighted by molar-refractivity contribution is -1.05. The predicted molar refractivity (Wildman–Crippen MR) is 102 cm³/mol. The topological polar surface area (TPSA) is 116 Å². The average Bonchev–Trinajstić information content (AvgIpc) is 2.58. The smallest absolute Gasteiger partial charge is 0.412 e. The van der Waals surface area contributed by atoms with Gasteiger partial charge in [-0.05, 0) is 32.4 Å². The van der Waals surface area contributed by atoms with Crippen LogP contribution in [-0.4, -0.2) is 67.4 Å². The zero-order chi connectivity index (χ0) is 21.2. The molecule has 0 unspecified atom stereocenters. The van der Waals surface area contributed by atoms with E-state index < -0.39 is 32.3 Å². The van der Waals surface area contributed by atoms with Gasteiger partial charge >= 0.3 is 6.09 Å². The normalized spacial score (nSPS) is 17.9. The molecule has 2 rings (SSSR count). The molecule has 1 fully saturated rings. The second-order valence-corrected chi connectivity index (χ2v) is 9.76. The number of primary amides is 1. The summed E-state index contributed by atoms with van der Waals surface area (Å²) < 4.78 is 29.9. The van der Waals surface area contributed by atoms with E-state index in [9.17, 15) is 18.0 Å². The van der Waals surface area contributed by atoms with Crippen molar-refractivity contribution < 1.29 is 32.2 Å². The Morgan fingerprint density at radius 1 is 1.18 bits per heavy atom. The SMILES string of the molecule is CC(C)(C)OC(=O)[N+]1(OCc2ccccc2C(N)=O)CCN(S(C)(=O)=O)CC1. The summed E-state index contributed by atoms with van der Waals surface area (Å²) in [5, 5.41) is 0. The minimum Gasteiger partial charge on any atom is -0.412 e. The highest BCUT2D eigenvalue weighted by molar-refractivity contribution is 7.88. The molecule has 2 amide bonds. The predicted octanol–water partition coefficient (Wildman–Crippen LogP) is 1.24. The zero-order valence-electron chi connectivity index (χ0n) is 16.7. The molecular weight excluding hydrogens is 386 g/mol. The molecule has 2 N–H and O–H groups in total. The van der Waals surface area contributed by atoms with Crippen LogP contribution in [-0.2, 0) is 26.2 Å². The molecular formula is C18H28N3O6S+. The Hall–Kier alpha value is -2.01. The minimum atomic E-state index is -3.37. The van der Waals surface area contributed by atoms with Gasteiger partial charge in [-0.3, -0.25) is 4.79 Å². The number of ether oxygens (including phenoxy) is 1. The van der Waals surface area contributed by atoms with Crippen LogP contribution in [0.4, 0.5) is 4.79 Å². The number of rotatable bonds is 5.